The summed E-state index contributed by atoms with van der Waals surface area (Å²) in [6.07, 6.45) is 1.71. The molecule has 1 saturated heterocycles. The van der Waals surface area contributed by atoms with Crippen molar-refractivity contribution in [1.82, 2.24) is 10.0 Å². The number of aliphatic hydroxyl groups excluding tert-OH is 1. The lowest BCUT2D eigenvalue weighted by Crippen LogP contribution is -2.45. The Kier molecular flexibility index (Phi) is 9.75. The molecule has 0 saturated carbocycles. The van der Waals surface area contributed by atoms with Gasteiger partial charge in [-0.2, -0.15) is 8.42 Å². The average molecular weight is 611 g/mol. The lowest BCUT2D eigenvalue weighted by Gasteiger charge is -2.34. The van der Waals surface area contributed by atoms with Crippen LogP contribution in [0.1, 0.15) is 18.4 Å². The number of aliphatic imine (C=N–C) groups is 1. The number of hydrogen-bond acceptors (Lipinski definition) is 9. The Labute approximate surface area is 250 Å². The number of phenolic OH excluding ortho intramolecular Hbond substituents is 1. The molecule has 5 rings (SSSR count). The Morgan fingerprint density at radius 2 is 1.74 bits per heavy atom. The molecule has 2 aliphatic heterocycles. The van der Waals surface area contributed by atoms with Crippen molar-refractivity contribution in [3.8, 4) is 11.5 Å². The highest BCUT2D eigenvalue weighted by atomic mass is 32.2. The number of nitrogens with one attached hydrogen (secondary N) is 3. The first-order chi connectivity index (χ1) is 20.7. The Balaban J connectivity index is 1.06. The van der Waals surface area contributed by atoms with E-state index < -0.39 is 16.3 Å². The molecule has 0 amide bonds. The van der Waals surface area contributed by atoms with Crippen LogP contribution >= 0.6 is 0 Å². The molecule has 3 aromatic carbocycles. The van der Waals surface area contributed by atoms with E-state index in [4.69, 9.17) is 4.74 Å². The summed E-state index contributed by atoms with van der Waals surface area (Å²) in [7, 11) is -3.87. The first-order valence-corrected chi connectivity index (χ1v) is 15.5. The van der Waals surface area contributed by atoms with Crippen LogP contribution in [0, 0.1) is 5.82 Å². The van der Waals surface area contributed by atoms with Crippen molar-refractivity contribution in [3.05, 3.63) is 84.2 Å². The van der Waals surface area contributed by atoms with E-state index in [1.165, 1.54) is 12.1 Å². The van der Waals surface area contributed by atoms with Crippen molar-refractivity contribution in [2.45, 2.75) is 31.4 Å². The predicted molar refractivity (Wildman–Crippen MR) is 165 cm³/mol. The molecular weight excluding hydrogens is 575 g/mol. The van der Waals surface area contributed by atoms with Gasteiger partial charge in [0.05, 0.1) is 0 Å². The number of piperidine rings is 1. The van der Waals surface area contributed by atoms with Crippen molar-refractivity contribution < 1.29 is 27.8 Å². The van der Waals surface area contributed by atoms with Crippen molar-refractivity contribution in [2.24, 2.45) is 9.39 Å². The molecule has 0 spiro atoms. The summed E-state index contributed by atoms with van der Waals surface area (Å²) in [5.74, 6) is 0.703. The number of aliphatic hydroxyl groups is 1. The summed E-state index contributed by atoms with van der Waals surface area (Å²) in [5, 5.41) is 26.1. The van der Waals surface area contributed by atoms with Gasteiger partial charge in [-0.15, -0.1) is 4.40 Å². The molecule has 5 N–H and O–H groups in total. The average Bonchev–Trinajstić information content (AvgIpc) is 3.29. The number of halogens is 1. The van der Waals surface area contributed by atoms with E-state index in [-0.39, 0.29) is 35.9 Å². The van der Waals surface area contributed by atoms with Gasteiger partial charge in [0.2, 0.25) is 0 Å². The van der Waals surface area contributed by atoms with Crippen molar-refractivity contribution in [2.75, 3.05) is 43.0 Å². The van der Waals surface area contributed by atoms with Crippen LogP contribution in [0.15, 0.2) is 82.2 Å². The van der Waals surface area contributed by atoms with Gasteiger partial charge in [-0.1, -0.05) is 12.1 Å². The maximum absolute atomic E-state index is 13.1. The third kappa shape index (κ3) is 8.89. The van der Waals surface area contributed by atoms with Crippen LogP contribution in [-0.2, 0) is 16.6 Å². The number of benzene rings is 3. The Morgan fingerprint density at radius 1 is 1.05 bits per heavy atom. The van der Waals surface area contributed by atoms with Gasteiger partial charge in [0.15, 0.2) is 11.7 Å². The van der Waals surface area contributed by atoms with Crippen molar-refractivity contribution >= 4 is 33.3 Å². The molecule has 228 valence electrons. The van der Waals surface area contributed by atoms with E-state index in [2.05, 4.69) is 29.6 Å². The molecule has 0 aromatic heterocycles. The Hall–Kier alpha value is -4.20. The first-order valence-electron chi connectivity index (χ1n) is 14.1. The monoisotopic (exact) mass is 610 g/mol. The molecule has 13 heteroatoms. The maximum atomic E-state index is 13.1. The molecule has 0 radical (unpaired) electrons. The number of rotatable bonds is 11. The number of nitrogens with zero attached hydrogens (tertiary/aromatic N) is 3. The molecule has 2 heterocycles. The number of hydrogen-bond donors (Lipinski definition) is 5. The van der Waals surface area contributed by atoms with E-state index in [1.807, 2.05) is 24.3 Å². The summed E-state index contributed by atoms with van der Waals surface area (Å²) >= 11 is 0. The van der Waals surface area contributed by atoms with Gasteiger partial charge in [0, 0.05) is 43.6 Å². The van der Waals surface area contributed by atoms with Crippen LogP contribution < -0.4 is 25.0 Å². The van der Waals surface area contributed by atoms with Gasteiger partial charge in [0.25, 0.3) is 0 Å². The summed E-state index contributed by atoms with van der Waals surface area (Å²) in [4.78, 5) is 6.64. The highest BCUT2D eigenvalue weighted by Crippen LogP contribution is 2.23. The minimum absolute atomic E-state index is 0.120. The third-order valence-corrected chi connectivity index (χ3v) is 8.03. The zero-order valence-corrected chi connectivity index (χ0v) is 24.3. The minimum atomic E-state index is -3.87. The van der Waals surface area contributed by atoms with E-state index >= 15 is 0 Å². The molecule has 1 fully saturated rings. The normalized spacial score (nSPS) is 18.2. The van der Waals surface area contributed by atoms with Crippen LogP contribution in [0.4, 0.5) is 15.8 Å². The topological polar surface area (TPSA) is 148 Å². The highest BCUT2D eigenvalue weighted by molar-refractivity contribution is 7.89. The lowest BCUT2D eigenvalue weighted by atomic mass is 10.0. The Morgan fingerprint density at radius 3 is 2.44 bits per heavy atom. The summed E-state index contributed by atoms with van der Waals surface area (Å²) in [5.41, 5.74) is 2.62. The highest BCUT2D eigenvalue weighted by Gasteiger charge is 2.26. The Bertz CT molecular complexity index is 1520. The molecule has 0 unspecified atom stereocenters. The van der Waals surface area contributed by atoms with Crippen LogP contribution in [0.25, 0.3) is 0 Å². The molecule has 0 aliphatic carbocycles. The van der Waals surface area contributed by atoms with Gasteiger partial charge in [-0.25, -0.2) is 9.11 Å². The van der Waals surface area contributed by atoms with E-state index in [1.54, 1.807) is 36.4 Å². The summed E-state index contributed by atoms with van der Waals surface area (Å²) in [6.45, 7) is 2.60. The number of amidine groups is 2. The molecule has 3 aromatic rings. The van der Waals surface area contributed by atoms with Gasteiger partial charge < -0.3 is 30.5 Å². The fraction of sp³-hybridized carbons (Fsp3) is 0.333. The van der Waals surface area contributed by atoms with Crippen LogP contribution in [-0.4, -0.2) is 75.2 Å². The molecule has 11 nitrogen and oxygen atoms in total. The standard InChI is InChI=1S/C30H35FN6O5S/c31-22-3-1-21(2-4-22)13-16-32-29-30(36-43(40,41)35-29)34-24-5-7-25(8-6-24)37-17-14-23(15-18-37)33-19-27(39)20-42-28-11-9-26(38)10-12-28/h1-12,23,27,33,38-39H,13-20H2,(H,32,35)(H,34,36)/t27-/m0/s1. The quantitative estimate of drug-likeness (QED) is 0.223. The summed E-state index contributed by atoms with van der Waals surface area (Å²) < 4.78 is 49.0. The molecule has 0 bridgehead atoms. The molecular formula is C30H35FN6O5S. The maximum Gasteiger partial charge on any atom is 0.345 e. The SMILES string of the molecule is O=S1(=O)N=C(Nc2ccc(N3CCC(NC[C@H](O)COc4ccc(O)cc4)CC3)cc2)C(=NCCc2ccc(F)cc2)N1. The van der Waals surface area contributed by atoms with Gasteiger partial charge >= 0.3 is 10.2 Å². The van der Waals surface area contributed by atoms with Crippen LogP contribution in [0.2, 0.25) is 0 Å². The van der Waals surface area contributed by atoms with Gasteiger partial charge in [-0.3, -0.25) is 4.99 Å². The predicted octanol–water partition coefficient (Wildman–Crippen LogP) is 2.83. The molecule has 2 aliphatic rings. The van der Waals surface area contributed by atoms with Crippen LogP contribution in [0.5, 0.6) is 11.5 Å². The number of phenols is 1. The van der Waals surface area contributed by atoms with E-state index in [9.17, 15) is 23.0 Å². The van der Waals surface area contributed by atoms with Crippen molar-refractivity contribution in [1.29, 1.82) is 0 Å². The number of aromatic hydroxyl groups is 1. The van der Waals surface area contributed by atoms with Gasteiger partial charge in [0.1, 0.15) is 30.0 Å². The zero-order valence-electron chi connectivity index (χ0n) is 23.5. The second kappa shape index (κ2) is 13.8. The zero-order chi connectivity index (χ0) is 30.2. The van der Waals surface area contributed by atoms with Crippen molar-refractivity contribution in [3.63, 3.8) is 0 Å². The fourth-order valence-electron chi connectivity index (χ4n) is 4.82. The number of anilines is 2. The molecule has 1 atom stereocenters. The summed E-state index contributed by atoms with van der Waals surface area (Å²) in [6, 6.07) is 20.5. The molecule has 43 heavy (non-hydrogen) atoms. The third-order valence-electron chi connectivity index (χ3n) is 7.16. The van der Waals surface area contributed by atoms with E-state index in [0.29, 0.717) is 30.9 Å². The largest absolute Gasteiger partial charge is 0.508 e. The lowest BCUT2D eigenvalue weighted by molar-refractivity contribution is 0.102. The second-order valence-electron chi connectivity index (χ2n) is 10.4. The van der Waals surface area contributed by atoms with E-state index in [0.717, 1.165) is 37.2 Å². The van der Waals surface area contributed by atoms with Crippen LogP contribution in [0.3, 0.4) is 0 Å². The number of ether oxygens (including phenoxy) is 1. The fourth-order valence-corrected chi connectivity index (χ4v) is 5.65. The smallest absolute Gasteiger partial charge is 0.345 e. The minimum Gasteiger partial charge on any atom is -0.508 e. The first kappa shape index (κ1) is 30.3. The second-order valence-corrected chi connectivity index (χ2v) is 11.8. The van der Waals surface area contributed by atoms with Gasteiger partial charge in [-0.05, 0) is 85.5 Å².